The van der Waals surface area contributed by atoms with Crippen molar-refractivity contribution < 1.29 is 19.0 Å². The Balaban J connectivity index is 1.57. The summed E-state index contributed by atoms with van der Waals surface area (Å²) in [4.78, 5) is 11.7. The van der Waals surface area contributed by atoms with E-state index in [9.17, 15) is 4.79 Å². The third-order valence-electron chi connectivity index (χ3n) is 8.69. The SMILES string of the molecule is COC(=O)O[C@H]1CC[C@H]2[C@@H]3CCC4=C[C@H](OC)CC[C@]4(C)[C@H]3CC[C@]12C. The molecule has 0 aromatic rings. The van der Waals surface area contributed by atoms with Crippen LogP contribution in [-0.2, 0) is 14.2 Å². The molecule has 4 heteroatoms. The monoisotopic (exact) mass is 362 g/mol. The Bertz CT molecular complexity index is 599. The van der Waals surface area contributed by atoms with E-state index >= 15 is 0 Å². The van der Waals surface area contributed by atoms with Gasteiger partial charge in [-0.3, -0.25) is 0 Å². The molecule has 0 radical (unpaired) electrons. The van der Waals surface area contributed by atoms with Gasteiger partial charge in [0.2, 0.25) is 0 Å². The fraction of sp³-hybridized carbons (Fsp3) is 0.864. The molecule has 0 saturated heterocycles. The molecule has 7 atom stereocenters. The summed E-state index contributed by atoms with van der Waals surface area (Å²) in [5.41, 5.74) is 2.12. The van der Waals surface area contributed by atoms with Gasteiger partial charge in [0, 0.05) is 12.5 Å². The molecule has 4 aliphatic rings. The van der Waals surface area contributed by atoms with Crippen molar-refractivity contribution in [3.05, 3.63) is 11.6 Å². The first-order valence-corrected chi connectivity index (χ1v) is 10.4. The fourth-order valence-corrected chi connectivity index (χ4v) is 7.19. The first kappa shape index (κ1) is 18.3. The van der Waals surface area contributed by atoms with Gasteiger partial charge in [0.1, 0.15) is 6.10 Å². The minimum atomic E-state index is -0.516. The number of rotatable bonds is 2. The second-order valence-corrected chi connectivity index (χ2v) is 9.52. The zero-order valence-corrected chi connectivity index (χ0v) is 16.8. The van der Waals surface area contributed by atoms with Crippen molar-refractivity contribution in [2.75, 3.05) is 14.2 Å². The lowest BCUT2D eigenvalue weighted by atomic mass is 9.47. The van der Waals surface area contributed by atoms with Gasteiger partial charge >= 0.3 is 6.16 Å². The Kier molecular flexibility index (Phi) is 4.61. The maximum atomic E-state index is 11.7. The van der Waals surface area contributed by atoms with E-state index in [2.05, 4.69) is 19.9 Å². The standard InChI is InChI=1S/C22H34O4/c1-21-11-9-15(24-3)13-14(21)5-6-16-17-7-8-19(26-20(23)25-4)22(17,2)12-10-18(16)21/h13,15-19H,5-12H2,1-4H3/t15-,16+,17+,18+,19+,21+,22+/m1/s1. The summed E-state index contributed by atoms with van der Waals surface area (Å²) >= 11 is 0. The van der Waals surface area contributed by atoms with Crippen molar-refractivity contribution in [3.8, 4) is 0 Å². The third kappa shape index (κ3) is 2.63. The van der Waals surface area contributed by atoms with E-state index in [0.29, 0.717) is 17.4 Å². The molecule has 0 bridgehead atoms. The van der Waals surface area contributed by atoms with Crippen molar-refractivity contribution in [2.45, 2.75) is 77.4 Å². The molecular formula is C22H34O4. The van der Waals surface area contributed by atoms with E-state index in [1.54, 1.807) is 5.57 Å². The third-order valence-corrected chi connectivity index (χ3v) is 8.69. The first-order valence-electron chi connectivity index (χ1n) is 10.4. The summed E-state index contributed by atoms with van der Waals surface area (Å²) < 4.78 is 16.1. The molecule has 4 nitrogen and oxygen atoms in total. The highest BCUT2D eigenvalue weighted by Gasteiger charge is 2.60. The molecule has 0 amide bonds. The second-order valence-electron chi connectivity index (χ2n) is 9.52. The average molecular weight is 363 g/mol. The lowest BCUT2D eigenvalue weighted by molar-refractivity contribution is -0.0872. The van der Waals surface area contributed by atoms with E-state index in [-0.39, 0.29) is 11.5 Å². The van der Waals surface area contributed by atoms with E-state index in [0.717, 1.165) is 31.1 Å². The lowest BCUT2D eigenvalue weighted by Gasteiger charge is -2.58. The number of carbonyl (C=O) groups is 1. The molecule has 146 valence electrons. The van der Waals surface area contributed by atoms with E-state index in [1.165, 1.54) is 39.2 Å². The van der Waals surface area contributed by atoms with Crippen molar-refractivity contribution in [1.82, 2.24) is 0 Å². The lowest BCUT2D eigenvalue weighted by Crippen LogP contribution is -2.51. The molecule has 0 aromatic heterocycles. The maximum absolute atomic E-state index is 11.7. The van der Waals surface area contributed by atoms with Crippen LogP contribution in [0.25, 0.3) is 0 Å². The van der Waals surface area contributed by atoms with Gasteiger partial charge in [-0.25, -0.2) is 4.79 Å². The summed E-state index contributed by atoms with van der Waals surface area (Å²) in [7, 11) is 3.24. The van der Waals surface area contributed by atoms with Crippen LogP contribution in [0.15, 0.2) is 11.6 Å². The van der Waals surface area contributed by atoms with Crippen LogP contribution in [0, 0.1) is 28.6 Å². The van der Waals surface area contributed by atoms with Gasteiger partial charge < -0.3 is 14.2 Å². The Labute approximate surface area is 157 Å². The van der Waals surface area contributed by atoms with Crippen LogP contribution in [0.2, 0.25) is 0 Å². The van der Waals surface area contributed by atoms with Crippen LogP contribution < -0.4 is 0 Å². The largest absolute Gasteiger partial charge is 0.508 e. The van der Waals surface area contributed by atoms with Gasteiger partial charge in [-0.05, 0) is 74.5 Å². The van der Waals surface area contributed by atoms with Crippen molar-refractivity contribution in [2.24, 2.45) is 28.6 Å². The molecular weight excluding hydrogens is 328 g/mol. The Morgan fingerprint density at radius 2 is 1.85 bits per heavy atom. The predicted octanol–water partition coefficient (Wildman–Crippen LogP) is 5.12. The van der Waals surface area contributed by atoms with Crippen LogP contribution in [0.4, 0.5) is 4.79 Å². The smallest absolute Gasteiger partial charge is 0.438 e. The molecule has 0 heterocycles. The van der Waals surface area contributed by atoms with Crippen molar-refractivity contribution in [3.63, 3.8) is 0 Å². The number of fused-ring (bicyclic) bond motifs is 5. The number of allylic oxidation sites excluding steroid dienone is 1. The Morgan fingerprint density at radius 1 is 1.04 bits per heavy atom. The highest BCUT2D eigenvalue weighted by atomic mass is 16.7. The van der Waals surface area contributed by atoms with Gasteiger partial charge in [0.25, 0.3) is 0 Å². The summed E-state index contributed by atoms with van der Waals surface area (Å²) in [5, 5.41) is 0. The number of carbonyl (C=O) groups excluding carboxylic acids is 1. The van der Waals surface area contributed by atoms with Crippen molar-refractivity contribution >= 4 is 6.16 Å². The van der Waals surface area contributed by atoms with E-state index < -0.39 is 6.16 Å². The highest BCUT2D eigenvalue weighted by molar-refractivity contribution is 5.60. The summed E-state index contributed by atoms with van der Waals surface area (Å²) in [6, 6.07) is 0. The molecule has 0 N–H and O–H groups in total. The number of ether oxygens (including phenoxy) is 3. The van der Waals surface area contributed by atoms with Crippen LogP contribution in [0.3, 0.4) is 0 Å². The first-order chi connectivity index (χ1) is 12.4. The zero-order valence-electron chi connectivity index (χ0n) is 16.8. The van der Waals surface area contributed by atoms with Gasteiger partial charge in [-0.15, -0.1) is 0 Å². The summed E-state index contributed by atoms with van der Waals surface area (Å²) in [6.07, 6.45) is 11.8. The molecule has 0 aliphatic heterocycles. The van der Waals surface area contributed by atoms with E-state index in [1.807, 2.05) is 7.11 Å². The van der Waals surface area contributed by atoms with Crippen molar-refractivity contribution in [1.29, 1.82) is 0 Å². The molecule has 0 spiro atoms. The number of hydrogen-bond acceptors (Lipinski definition) is 4. The molecule has 3 fully saturated rings. The van der Waals surface area contributed by atoms with Crippen LogP contribution in [-0.4, -0.2) is 32.6 Å². The maximum Gasteiger partial charge on any atom is 0.508 e. The van der Waals surface area contributed by atoms with Gasteiger partial charge in [-0.2, -0.15) is 0 Å². The Hall–Kier alpha value is -1.03. The molecule has 26 heavy (non-hydrogen) atoms. The van der Waals surface area contributed by atoms with Gasteiger partial charge in [0.05, 0.1) is 13.2 Å². The molecule has 0 aromatic carbocycles. The molecule has 0 unspecified atom stereocenters. The molecule has 4 rings (SSSR count). The van der Waals surface area contributed by atoms with Crippen LogP contribution in [0.5, 0.6) is 0 Å². The van der Waals surface area contributed by atoms with E-state index in [4.69, 9.17) is 14.2 Å². The average Bonchev–Trinajstić information content (AvgIpc) is 2.97. The molecule has 4 aliphatic carbocycles. The number of methoxy groups -OCH3 is 2. The highest BCUT2D eigenvalue weighted by Crippen LogP contribution is 2.65. The normalized spacial score (nSPS) is 47.2. The number of hydrogen-bond donors (Lipinski definition) is 0. The van der Waals surface area contributed by atoms with Gasteiger partial charge in [-0.1, -0.05) is 25.5 Å². The van der Waals surface area contributed by atoms with Crippen LogP contribution >= 0.6 is 0 Å². The van der Waals surface area contributed by atoms with Crippen LogP contribution in [0.1, 0.15) is 65.2 Å². The topological polar surface area (TPSA) is 44.8 Å². The Morgan fingerprint density at radius 3 is 2.58 bits per heavy atom. The minimum absolute atomic E-state index is 0.0230. The fourth-order valence-electron chi connectivity index (χ4n) is 7.19. The molecule has 3 saturated carbocycles. The zero-order chi connectivity index (χ0) is 18.5. The summed E-state index contributed by atoms with van der Waals surface area (Å²) in [5.74, 6) is 2.21. The predicted molar refractivity (Wildman–Crippen MR) is 99.8 cm³/mol. The summed E-state index contributed by atoms with van der Waals surface area (Å²) in [6.45, 7) is 4.88. The van der Waals surface area contributed by atoms with Gasteiger partial charge in [0.15, 0.2) is 0 Å². The second kappa shape index (κ2) is 6.54. The minimum Gasteiger partial charge on any atom is -0.438 e. The quantitative estimate of drug-likeness (QED) is 0.505.